The fourth-order valence-electron chi connectivity index (χ4n) is 1.79. The highest BCUT2D eigenvalue weighted by Gasteiger charge is 2.26. The molecule has 0 radical (unpaired) electrons. The topological polar surface area (TPSA) is 57.5 Å². The molecule has 1 aromatic carbocycles. The van der Waals surface area contributed by atoms with E-state index in [0.717, 1.165) is 4.90 Å². The Kier molecular flexibility index (Phi) is 3.77. The number of rotatable bonds is 2. The van der Waals surface area contributed by atoms with Crippen molar-refractivity contribution in [1.82, 2.24) is 0 Å². The Labute approximate surface area is 106 Å². The molecular formula is C13H18O3S. The molecule has 0 atom stereocenters. The summed E-state index contributed by atoms with van der Waals surface area (Å²) >= 11 is 1.49. The van der Waals surface area contributed by atoms with Crippen molar-refractivity contribution >= 4 is 17.7 Å². The van der Waals surface area contributed by atoms with Crippen LogP contribution in [0.4, 0.5) is 0 Å². The molecule has 17 heavy (non-hydrogen) atoms. The fraction of sp³-hybridized carbons (Fsp3) is 0.462. The van der Waals surface area contributed by atoms with Crippen molar-refractivity contribution in [2.75, 3.05) is 6.26 Å². The van der Waals surface area contributed by atoms with Crippen LogP contribution in [0.3, 0.4) is 0 Å². The number of carbonyl (C=O) groups is 1. The van der Waals surface area contributed by atoms with Crippen molar-refractivity contribution in [3.63, 3.8) is 0 Å². The first-order valence-electron chi connectivity index (χ1n) is 5.34. The molecule has 3 nitrogen and oxygen atoms in total. The summed E-state index contributed by atoms with van der Waals surface area (Å²) in [7, 11) is 0. The molecule has 1 aromatic rings. The van der Waals surface area contributed by atoms with Gasteiger partial charge in [-0.05, 0) is 30.2 Å². The average molecular weight is 254 g/mol. The number of hydrogen-bond acceptors (Lipinski definition) is 3. The molecule has 0 amide bonds. The average Bonchev–Trinajstić information content (AvgIpc) is 2.15. The number of aromatic hydroxyl groups is 1. The van der Waals surface area contributed by atoms with Crippen LogP contribution in [0, 0.1) is 6.92 Å². The van der Waals surface area contributed by atoms with Gasteiger partial charge in [-0.2, -0.15) is 0 Å². The molecule has 94 valence electrons. The van der Waals surface area contributed by atoms with Gasteiger partial charge in [0.2, 0.25) is 0 Å². The van der Waals surface area contributed by atoms with Gasteiger partial charge in [-0.15, -0.1) is 11.8 Å². The van der Waals surface area contributed by atoms with Crippen molar-refractivity contribution in [3.05, 3.63) is 22.8 Å². The lowest BCUT2D eigenvalue weighted by Crippen LogP contribution is -2.14. The lowest BCUT2D eigenvalue weighted by atomic mass is 9.84. The molecule has 0 unspecified atom stereocenters. The predicted molar refractivity (Wildman–Crippen MR) is 70.3 cm³/mol. The minimum Gasteiger partial charge on any atom is -0.507 e. The number of hydrogen-bond donors (Lipinski definition) is 2. The molecular weight excluding hydrogens is 236 g/mol. The number of aromatic carboxylic acids is 1. The molecule has 0 aliphatic rings. The van der Waals surface area contributed by atoms with E-state index in [2.05, 4.69) is 0 Å². The SMILES string of the molecule is CSc1cc(C(C)(C)C)c(O)c(C(=O)O)c1C. The maximum absolute atomic E-state index is 11.2. The second kappa shape index (κ2) is 4.61. The van der Waals surface area contributed by atoms with Crippen LogP contribution in [0.25, 0.3) is 0 Å². The fourth-order valence-corrected chi connectivity index (χ4v) is 2.43. The standard InChI is InChI=1S/C13H18O3S/c1-7-9(17-5)6-8(13(2,3)4)11(14)10(7)12(15)16/h6,14H,1-5H3,(H,15,16). The summed E-state index contributed by atoms with van der Waals surface area (Å²) in [6.45, 7) is 7.58. The Bertz CT molecular complexity index is 459. The molecule has 0 heterocycles. The highest BCUT2D eigenvalue weighted by molar-refractivity contribution is 7.98. The van der Waals surface area contributed by atoms with Crippen LogP contribution in [0.1, 0.15) is 42.3 Å². The second-order valence-corrected chi connectivity index (χ2v) is 5.88. The molecule has 0 fully saturated rings. The maximum Gasteiger partial charge on any atom is 0.339 e. The Balaban J connectivity index is 3.66. The summed E-state index contributed by atoms with van der Waals surface area (Å²) in [6.07, 6.45) is 1.90. The van der Waals surface area contributed by atoms with E-state index < -0.39 is 5.97 Å². The molecule has 0 bridgehead atoms. The Hall–Kier alpha value is -1.16. The van der Waals surface area contributed by atoms with Gasteiger partial charge in [0.15, 0.2) is 0 Å². The van der Waals surface area contributed by atoms with E-state index in [0.29, 0.717) is 11.1 Å². The summed E-state index contributed by atoms with van der Waals surface area (Å²) in [6, 6.07) is 1.88. The van der Waals surface area contributed by atoms with Crippen LogP contribution in [0.15, 0.2) is 11.0 Å². The van der Waals surface area contributed by atoms with Gasteiger partial charge in [-0.25, -0.2) is 4.79 Å². The van der Waals surface area contributed by atoms with Gasteiger partial charge in [0.25, 0.3) is 0 Å². The summed E-state index contributed by atoms with van der Waals surface area (Å²) in [5.74, 6) is -1.19. The molecule has 4 heteroatoms. The van der Waals surface area contributed by atoms with Crippen molar-refractivity contribution < 1.29 is 15.0 Å². The first-order valence-corrected chi connectivity index (χ1v) is 6.57. The molecule has 1 rings (SSSR count). The molecule has 0 saturated heterocycles. The van der Waals surface area contributed by atoms with Gasteiger partial charge in [-0.1, -0.05) is 20.8 Å². The van der Waals surface area contributed by atoms with E-state index in [1.807, 2.05) is 33.1 Å². The number of carboxylic acids is 1. The van der Waals surface area contributed by atoms with E-state index in [9.17, 15) is 15.0 Å². The third-order valence-corrected chi connectivity index (χ3v) is 3.62. The molecule has 0 saturated carbocycles. The lowest BCUT2D eigenvalue weighted by molar-refractivity contribution is 0.0692. The van der Waals surface area contributed by atoms with Crippen LogP contribution >= 0.6 is 11.8 Å². The summed E-state index contributed by atoms with van der Waals surface area (Å²) in [5.41, 5.74) is 1.02. The van der Waals surface area contributed by atoms with E-state index in [4.69, 9.17) is 0 Å². The van der Waals surface area contributed by atoms with E-state index in [1.54, 1.807) is 6.92 Å². The first kappa shape index (κ1) is 13.9. The minimum atomic E-state index is -1.08. The Morgan fingerprint density at radius 1 is 1.35 bits per heavy atom. The number of benzene rings is 1. The molecule has 0 aromatic heterocycles. The van der Waals surface area contributed by atoms with Crippen molar-refractivity contribution in [3.8, 4) is 5.75 Å². The smallest absolute Gasteiger partial charge is 0.339 e. The number of carboxylic acid groups (broad SMARTS) is 1. The second-order valence-electron chi connectivity index (χ2n) is 5.03. The van der Waals surface area contributed by atoms with Gasteiger partial charge >= 0.3 is 5.97 Å². The van der Waals surface area contributed by atoms with Gasteiger partial charge in [-0.3, -0.25) is 0 Å². The first-order chi connectivity index (χ1) is 7.70. The van der Waals surface area contributed by atoms with Gasteiger partial charge in [0.05, 0.1) is 0 Å². The zero-order chi connectivity index (χ0) is 13.4. The lowest BCUT2D eigenvalue weighted by Gasteiger charge is -2.23. The van der Waals surface area contributed by atoms with Crippen molar-refractivity contribution in [2.45, 2.75) is 38.0 Å². The molecule has 0 aliphatic heterocycles. The number of thioether (sulfide) groups is 1. The summed E-state index contributed by atoms with van der Waals surface area (Å²) < 4.78 is 0. The third kappa shape index (κ3) is 2.57. The molecule has 0 spiro atoms. The van der Waals surface area contributed by atoms with Gasteiger partial charge < -0.3 is 10.2 Å². The predicted octanol–water partition coefficient (Wildman–Crippen LogP) is 3.42. The van der Waals surface area contributed by atoms with E-state index in [1.165, 1.54) is 11.8 Å². The highest BCUT2D eigenvalue weighted by atomic mass is 32.2. The van der Waals surface area contributed by atoms with E-state index >= 15 is 0 Å². The quantitative estimate of drug-likeness (QED) is 0.794. The summed E-state index contributed by atoms with van der Waals surface area (Å²) in [5, 5.41) is 19.3. The van der Waals surface area contributed by atoms with Crippen LogP contribution in [-0.2, 0) is 5.41 Å². The van der Waals surface area contributed by atoms with Crippen LogP contribution in [-0.4, -0.2) is 22.4 Å². The van der Waals surface area contributed by atoms with E-state index in [-0.39, 0.29) is 16.7 Å². The van der Waals surface area contributed by atoms with Gasteiger partial charge in [0.1, 0.15) is 11.3 Å². The molecule has 2 N–H and O–H groups in total. The zero-order valence-electron chi connectivity index (χ0n) is 10.8. The Morgan fingerprint density at radius 2 is 1.88 bits per heavy atom. The minimum absolute atomic E-state index is 0.0155. The zero-order valence-corrected chi connectivity index (χ0v) is 11.6. The summed E-state index contributed by atoms with van der Waals surface area (Å²) in [4.78, 5) is 12.1. The largest absolute Gasteiger partial charge is 0.507 e. The van der Waals surface area contributed by atoms with Crippen LogP contribution in [0.5, 0.6) is 5.75 Å². The van der Waals surface area contributed by atoms with Gasteiger partial charge in [0, 0.05) is 10.5 Å². The van der Waals surface area contributed by atoms with Crippen molar-refractivity contribution in [2.24, 2.45) is 0 Å². The van der Waals surface area contributed by atoms with Crippen LogP contribution < -0.4 is 0 Å². The highest BCUT2D eigenvalue weighted by Crippen LogP contribution is 2.39. The van der Waals surface area contributed by atoms with Crippen LogP contribution in [0.2, 0.25) is 0 Å². The monoisotopic (exact) mass is 254 g/mol. The Morgan fingerprint density at radius 3 is 2.24 bits per heavy atom. The normalized spacial score (nSPS) is 11.6. The third-order valence-electron chi connectivity index (χ3n) is 2.75. The maximum atomic E-state index is 11.2. The molecule has 0 aliphatic carbocycles. The van der Waals surface area contributed by atoms with Crippen molar-refractivity contribution in [1.29, 1.82) is 0 Å². The number of phenols is 1.